The number of sulfonamides is 1. The molecule has 0 saturated heterocycles. The van der Waals surface area contributed by atoms with Gasteiger partial charge in [0, 0.05) is 30.1 Å². The lowest BCUT2D eigenvalue weighted by atomic mass is 10.1. The number of nitrogens with zero attached hydrogens (tertiary/aromatic N) is 2. The van der Waals surface area contributed by atoms with Gasteiger partial charge in [-0.2, -0.15) is 0 Å². The van der Waals surface area contributed by atoms with Crippen molar-refractivity contribution in [2.75, 3.05) is 17.1 Å². The van der Waals surface area contributed by atoms with Crippen LogP contribution in [-0.2, 0) is 26.2 Å². The summed E-state index contributed by atoms with van der Waals surface area (Å²) in [5, 5.41) is 3.38. The van der Waals surface area contributed by atoms with Gasteiger partial charge in [-0.25, -0.2) is 8.42 Å². The molecule has 0 aliphatic heterocycles. The number of rotatable bonds is 10. The number of nitrogens with one attached hydrogen (secondary N) is 1. The van der Waals surface area contributed by atoms with Crippen LogP contribution in [-0.4, -0.2) is 49.5 Å². The predicted octanol–water partition coefficient (Wildman–Crippen LogP) is 4.84. The summed E-state index contributed by atoms with van der Waals surface area (Å²) in [6, 6.07) is 12.2. The Hall–Kier alpha value is -2.58. The molecule has 198 valence electrons. The lowest BCUT2D eigenvalue weighted by molar-refractivity contribution is -0.141. The number of anilines is 1. The van der Waals surface area contributed by atoms with E-state index in [2.05, 4.69) is 5.32 Å². The number of benzene rings is 2. The van der Waals surface area contributed by atoms with E-state index in [-0.39, 0.29) is 37.7 Å². The fourth-order valence-electron chi connectivity index (χ4n) is 3.90. The quantitative estimate of drug-likeness (QED) is 0.472. The molecule has 2 aromatic carbocycles. The van der Waals surface area contributed by atoms with Crippen LogP contribution in [0.4, 0.5) is 5.69 Å². The van der Waals surface area contributed by atoms with E-state index in [9.17, 15) is 18.0 Å². The summed E-state index contributed by atoms with van der Waals surface area (Å²) >= 11 is 6.12. The molecule has 0 aromatic heterocycles. The zero-order valence-corrected chi connectivity index (χ0v) is 23.8. The maximum atomic E-state index is 13.4. The van der Waals surface area contributed by atoms with Crippen molar-refractivity contribution in [1.29, 1.82) is 0 Å². The molecular formula is C27H38ClN3O4S. The third kappa shape index (κ3) is 8.82. The Labute approximate surface area is 220 Å². The van der Waals surface area contributed by atoms with E-state index in [0.717, 1.165) is 22.9 Å². The highest BCUT2D eigenvalue weighted by Crippen LogP contribution is 2.27. The first-order valence-electron chi connectivity index (χ1n) is 12.0. The van der Waals surface area contributed by atoms with Gasteiger partial charge in [-0.3, -0.25) is 13.9 Å². The molecule has 1 atom stereocenters. The average Bonchev–Trinajstić information content (AvgIpc) is 2.74. The number of hydrogen-bond donors (Lipinski definition) is 1. The van der Waals surface area contributed by atoms with Crippen LogP contribution in [0.25, 0.3) is 0 Å². The minimum absolute atomic E-state index is 0.0879. The van der Waals surface area contributed by atoms with Crippen LogP contribution in [0.15, 0.2) is 42.5 Å². The second-order valence-corrected chi connectivity index (χ2v) is 12.6. The summed E-state index contributed by atoms with van der Waals surface area (Å²) in [5.74, 6) is -0.458. The van der Waals surface area contributed by atoms with Crippen LogP contribution < -0.4 is 9.62 Å². The Morgan fingerprint density at radius 1 is 1.08 bits per heavy atom. The topological polar surface area (TPSA) is 86.8 Å². The van der Waals surface area contributed by atoms with Crippen LogP contribution in [0.5, 0.6) is 0 Å². The summed E-state index contributed by atoms with van der Waals surface area (Å²) in [6.07, 6.45) is 1.51. The Bertz CT molecular complexity index is 1190. The second-order valence-electron chi connectivity index (χ2n) is 10.3. The molecule has 0 heterocycles. The number of hydrogen-bond acceptors (Lipinski definition) is 4. The summed E-state index contributed by atoms with van der Waals surface area (Å²) in [6.45, 7) is 11.6. The molecule has 0 radical (unpaired) electrons. The van der Waals surface area contributed by atoms with Gasteiger partial charge in [0.25, 0.3) is 0 Å². The lowest BCUT2D eigenvalue weighted by Crippen LogP contribution is -2.52. The fourth-order valence-corrected chi connectivity index (χ4v) is 5.08. The van der Waals surface area contributed by atoms with E-state index in [1.807, 2.05) is 58.9 Å². The van der Waals surface area contributed by atoms with Gasteiger partial charge in [0.15, 0.2) is 0 Å². The summed E-state index contributed by atoms with van der Waals surface area (Å²) < 4.78 is 26.4. The van der Waals surface area contributed by atoms with Crippen LogP contribution in [0.3, 0.4) is 0 Å². The summed E-state index contributed by atoms with van der Waals surface area (Å²) in [7, 11) is -3.59. The summed E-state index contributed by atoms with van der Waals surface area (Å²) in [5.41, 5.74) is 2.81. The molecule has 0 fully saturated rings. The van der Waals surface area contributed by atoms with Crippen molar-refractivity contribution in [1.82, 2.24) is 10.2 Å². The third-order valence-electron chi connectivity index (χ3n) is 5.69. The Morgan fingerprint density at radius 3 is 2.33 bits per heavy atom. The SMILES string of the molecule is Cc1cccc(CN(C(=O)CCCN(c2cc(Cl)ccc2C)S(C)(=O)=O)C(C)C(=O)NC(C)(C)C)c1. The van der Waals surface area contributed by atoms with Gasteiger partial charge in [-0.15, -0.1) is 0 Å². The highest BCUT2D eigenvalue weighted by atomic mass is 35.5. The maximum Gasteiger partial charge on any atom is 0.242 e. The molecular weight excluding hydrogens is 498 g/mol. The molecule has 2 aromatic rings. The molecule has 0 saturated carbocycles. The Kier molecular flexibility index (Phi) is 9.97. The molecule has 0 aliphatic rings. The first-order chi connectivity index (χ1) is 16.6. The molecule has 7 nitrogen and oxygen atoms in total. The van der Waals surface area contributed by atoms with E-state index in [1.165, 1.54) is 4.31 Å². The number of carbonyl (C=O) groups is 2. The molecule has 0 spiro atoms. The van der Waals surface area contributed by atoms with Gasteiger partial charge in [0.1, 0.15) is 6.04 Å². The lowest BCUT2D eigenvalue weighted by Gasteiger charge is -2.32. The van der Waals surface area contributed by atoms with Crippen molar-refractivity contribution in [3.63, 3.8) is 0 Å². The van der Waals surface area contributed by atoms with Crippen molar-refractivity contribution < 1.29 is 18.0 Å². The standard InChI is InChI=1S/C27H38ClN3O4S/c1-19-10-8-11-22(16-19)18-30(21(3)26(33)29-27(4,5)6)25(32)12-9-15-31(36(7,34)35)24-17-23(28)14-13-20(24)2/h8,10-11,13-14,16-17,21H,9,12,15,18H2,1-7H3,(H,29,33). The van der Waals surface area contributed by atoms with E-state index in [4.69, 9.17) is 11.6 Å². The highest BCUT2D eigenvalue weighted by molar-refractivity contribution is 7.92. The van der Waals surface area contributed by atoms with Gasteiger partial charge >= 0.3 is 0 Å². The Morgan fingerprint density at radius 2 is 1.75 bits per heavy atom. The van der Waals surface area contributed by atoms with E-state index in [1.54, 1.807) is 30.0 Å². The van der Waals surface area contributed by atoms with Crippen molar-refractivity contribution >= 4 is 39.1 Å². The molecule has 36 heavy (non-hydrogen) atoms. The van der Waals surface area contributed by atoms with Gasteiger partial charge in [0.05, 0.1) is 11.9 Å². The van der Waals surface area contributed by atoms with Gasteiger partial charge < -0.3 is 10.2 Å². The molecule has 2 amide bonds. The normalized spacial score (nSPS) is 12.7. The minimum atomic E-state index is -3.59. The number of halogens is 1. The second kappa shape index (κ2) is 12.1. The predicted molar refractivity (Wildman–Crippen MR) is 147 cm³/mol. The van der Waals surface area contributed by atoms with Crippen LogP contribution in [0.2, 0.25) is 5.02 Å². The zero-order chi connectivity index (χ0) is 27.3. The molecule has 0 aliphatic carbocycles. The van der Waals surface area contributed by atoms with Gasteiger partial charge in [-0.1, -0.05) is 47.5 Å². The van der Waals surface area contributed by atoms with Crippen molar-refractivity contribution in [3.8, 4) is 0 Å². The smallest absolute Gasteiger partial charge is 0.242 e. The third-order valence-corrected chi connectivity index (χ3v) is 7.11. The van der Waals surface area contributed by atoms with Gasteiger partial charge in [0.2, 0.25) is 21.8 Å². The van der Waals surface area contributed by atoms with E-state index in [0.29, 0.717) is 10.7 Å². The van der Waals surface area contributed by atoms with E-state index < -0.39 is 21.6 Å². The monoisotopic (exact) mass is 535 g/mol. The largest absolute Gasteiger partial charge is 0.350 e. The molecule has 1 N–H and O–H groups in total. The maximum absolute atomic E-state index is 13.4. The molecule has 0 bridgehead atoms. The average molecular weight is 536 g/mol. The minimum Gasteiger partial charge on any atom is -0.350 e. The number of aryl methyl sites for hydroxylation is 2. The number of carbonyl (C=O) groups excluding carboxylic acids is 2. The summed E-state index contributed by atoms with van der Waals surface area (Å²) in [4.78, 5) is 27.9. The molecule has 9 heteroatoms. The Balaban J connectivity index is 2.23. The van der Waals surface area contributed by atoms with Crippen LogP contribution >= 0.6 is 11.6 Å². The van der Waals surface area contributed by atoms with Gasteiger partial charge in [-0.05, 0) is 71.2 Å². The first kappa shape index (κ1) is 29.6. The first-order valence-corrected chi connectivity index (χ1v) is 14.2. The fraction of sp³-hybridized carbons (Fsp3) is 0.481. The zero-order valence-electron chi connectivity index (χ0n) is 22.3. The van der Waals surface area contributed by atoms with Crippen LogP contribution in [0.1, 0.15) is 57.2 Å². The molecule has 1 unspecified atom stereocenters. The number of amides is 2. The van der Waals surface area contributed by atoms with E-state index >= 15 is 0 Å². The van der Waals surface area contributed by atoms with Crippen molar-refractivity contribution in [2.24, 2.45) is 0 Å². The van der Waals surface area contributed by atoms with Crippen LogP contribution in [0, 0.1) is 13.8 Å². The molecule has 2 rings (SSSR count). The van der Waals surface area contributed by atoms with Crippen molar-refractivity contribution in [3.05, 3.63) is 64.2 Å². The van der Waals surface area contributed by atoms with Crippen molar-refractivity contribution in [2.45, 2.75) is 72.5 Å². The highest BCUT2D eigenvalue weighted by Gasteiger charge is 2.29.